The number of hydrazone groups is 1. The maximum absolute atomic E-state index is 12.9. The van der Waals surface area contributed by atoms with Crippen LogP contribution in [0.2, 0.25) is 0 Å². The summed E-state index contributed by atoms with van der Waals surface area (Å²) in [6, 6.07) is 8.96. The van der Waals surface area contributed by atoms with E-state index >= 15 is 0 Å². The Labute approximate surface area is 157 Å². The summed E-state index contributed by atoms with van der Waals surface area (Å²) in [5.41, 5.74) is 3.72. The van der Waals surface area contributed by atoms with Gasteiger partial charge in [-0.1, -0.05) is 19.9 Å². The second kappa shape index (κ2) is 8.69. The van der Waals surface area contributed by atoms with Crippen LogP contribution in [0.15, 0.2) is 52.6 Å². The van der Waals surface area contributed by atoms with Crippen molar-refractivity contribution < 1.29 is 13.3 Å². The smallest absolute Gasteiger partial charge is 0.270 e. The van der Waals surface area contributed by atoms with Gasteiger partial charge in [0.05, 0.1) is 22.0 Å². The van der Waals surface area contributed by atoms with Gasteiger partial charge in [0.1, 0.15) is 4.90 Å². The molecule has 0 saturated carbocycles. The molecule has 144 valence electrons. The molecule has 0 amide bonds. The number of benzene rings is 1. The number of anilines is 1. The third-order valence-electron chi connectivity index (χ3n) is 3.88. The third kappa shape index (κ3) is 4.66. The zero-order chi connectivity index (χ0) is 20.0. The van der Waals surface area contributed by atoms with Gasteiger partial charge in [0.2, 0.25) is 10.0 Å². The molecule has 1 aromatic heterocycles. The minimum Gasteiger partial charge on any atom is -0.277 e. The van der Waals surface area contributed by atoms with Crippen molar-refractivity contribution in [2.75, 3.05) is 18.5 Å². The van der Waals surface area contributed by atoms with Crippen LogP contribution in [0, 0.1) is 10.1 Å². The van der Waals surface area contributed by atoms with Crippen LogP contribution in [0.5, 0.6) is 0 Å². The highest BCUT2D eigenvalue weighted by Gasteiger charge is 2.27. The predicted octanol–water partition coefficient (Wildman–Crippen LogP) is 2.86. The van der Waals surface area contributed by atoms with Crippen molar-refractivity contribution >= 4 is 27.1 Å². The Balaban J connectivity index is 2.49. The number of aromatic nitrogens is 1. The molecule has 0 unspecified atom stereocenters. The number of rotatable bonds is 8. The number of nitrogens with zero attached hydrogens (tertiary/aromatic N) is 4. The molecule has 0 bridgehead atoms. The minimum absolute atomic E-state index is 0.155. The Bertz CT molecular complexity index is 941. The third-order valence-corrected chi connectivity index (χ3v) is 5.97. The number of hydrogen-bond donors (Lipinski definition) is 1. The second-order valence-electron chi connectivity index (χ2n) is 5.55. The zero-order valence-electron chi connectivity index (χ0n) is 15.3. The van der Waals surface area contributed by atoms with E-state index in [9.17, 15) is 18.5 Å². The molecule has 0 spiro atoms. The summed E-state index contributed by atoms with van der Waals surface area (Å²) in [7, 11) is -3.92. The SMILES string of the molecule is CCN(CC)S(=O)(=O)c1cc([N+](=O)[O-])ccc1NN=C(C)c1ccccn1. The first-order valence-electron chi connectivity index (χ1n) is 8.31. The fraction of sp³-hybridized carbons (Fsp3) is 0.294. The summed E-state index contributed by atoms with van der Waals surface area (Å²) < 4.78 is 27.0. The lowest BCUT2D eigenvalue weighted by Gasteiger charge is -2.20. The Hall–Kier alpha value is -2.85. The fourth-order valence-corrected chi connectivity index (χ4v) is 4.03. The molecule has 0 saturated heterocycles. The maximum atomic E-state index is 12.9. The molecule has 1 aromatic carbocycles. The lowest BCUT2D eigenvalue weighted by Crippen LogP contribution is -2.31. The van der Waals surface area contributed by atoms with Crippen molar-refractivity contribution in [3.63, 3.8) is 0 Å². The topological polar surface area (TPSA) is 118 Å². The minimum atomic E-state index is -3.92. The van der Waals surface area contributed by atoms with Crippen LogP contribution < -0.4 is 5.43 Å². The number of nitrogens with one attached hydrogen (secondary N) is 1. The maximum Gasteiger partial charge on any atom is 0.270 e. The van der Waals surface area contributed by atoms with Crippen molar-refractivity contribution in [2.24, 2.45) is 5.10 Å². The number of hydrogen-bond acceptors (Lipinski definition) is 7. The summed E-state index contributed by atoms with van der Waals surface area (Å²) in [5.74, 6) is 0. The summed E-state index contributed by atoms with van der Waals surface area (Å²) in [6.45, 7) is 5.62. The van der Waals surface area contributed by atoms with Gasteiger partial charge < -0.3 is 0 Å². The molecular formula is C17H21N5O4S. The van der Waals surface area contributed by atoms with E-state index in [0.717, 1.165) is 6.07 Å². The monoisotopic (exact) mass is 391 g/mol. The Kier molecular flexibility index (Phi) is 6.59. The molecule has 10 heteroatoms. The quantitative estimate of drug-likeness (QED) is 0.420. The number of pyridine rings is 1. The van der Waals surface area contributed by atoms with Gasteiger partial charge in [-0.3, -0.25) is 20.5 Å². The van der Waals surface area contributed by atoms with Crippen LogP contribution in [0.1, 0.15) is 26.5 Å². The first kappa shape index (κ1) is 20.5. The van der Waals surface area contributed by atoms with Gasteiger partial charge in [0, 0.05) is 31.4 Å². The largest absolute Gasteiger partial charge is 0.277 e. The van der Waals surface area contributed by atoms with Gasteiger partial charge >= 0.3 is 0 Å². The summed E-state index contributed by atoms with van der Waals surface area (Å²) >= 11 is 0. The molecule has 0 aliphatic rings. The molecular weight excluding hydrogens is 370 g/mol. The van der Waals surface area contributed by atoms with E-state index in [1.165, 1.54) is 16.4 Å². The van der Waals surface area contributed by atoms with Gasteiger partial charge in [0.25, 0.3) is 5.69 Å². The van der Waals surface area contributed by atoms with Crippen LogP contribution in [0.3, 0.4) is 0 Å². The van der Waals surface area contributed by atoms with Crippen LogP contribution >= 0.6 is 0 Å². The van der Waals surface area contributed by atoms with Gasteiger partial charge in [-0.15, -0.1) is 0 Å². The molecule has 0 atom stereocenters. The molecule has 9 nitrogen and oxygen atoms in total. The Morgan fingerprint density at radius 2 is 1.96 bits per heavy atom. The van der Waals surface area contributed by atoms with E-state index < -0.39 is 14.9 Å². The average molecular weight is 391 g/mol. The normalized spacial score (nSPS) is 12.2. The van der Waals surface area contributed by atoms with Gasteiger partial charge in [0.15, 0.2) is 0 Å². The molecule has 2 aromatic rings. The average Bonchev–Trinajstić information content (AvgIpc) is 2.67. The molecule has 1 N–H and O–H groups in total. The van der Waals surface area contributed by atoms with Gasteiger partial charge in [-0.25, -0.2) is 8.42 Å². The number of nitro groups is 1. The highest BCUT2D eigenvalue weighted by molar-refractivity contribution is 7.89. The van der Waals surface area contributed by atoms with E-state index in [2.05, 4.69) is 15.5 Å². The van der Waals surface area contributed by atoms with Gasteiger partial charge in [-0.2, -0.15) is 9.41 Å². The van der Waals surface area contributed by atoms with Crippen LogP contribution in [0.25, 0.3) is 0 Å². The van der Waals surface area contributed by atoms with Crippen molar-refractivity contribution in [3.05, 3.63) is 58.4 Å². The molecule has 0 radical (unpaired) electrons. The number of sulfonamides is 1. The number of nitro benzene ring substituents is 1. The highest BCUT2D eigenvalue weighted by Crippen LogP contribution is 2.29. The van der Waals surface area contributed by atoms with Crippen LogP contribution in [-0.4, -0.2) is 41.4 Å². The van der Waals surface area contributed by atoms with Crippen LogP contribution in [-0.2, 0) is 10.0 Å². The van der Waals surface area contributed by atoms with E-state index in [0.29, 0.717) is 11.4 Å². The van der Waals surface area contributed by atoms with Crippen molar-refractivity contribution in [2.45, 2.75) is 25.7 Å². The Morgan fingerprint density at radius 1 is 1.26 bits per heavy atom. The first-order chi connectivity index (χ1) is 12.8. The molecule has 27 heavy (non-hydrogen) atoms. The van der Waals surface area contributed by atoms with Crippen LogP contribution in [0.4, 0.5) is 11.4 Å². The summed E-state index contributed by atoms with van der Waals surface area (Å²) in [5, 5.41) is 15.3. The van der Waals surface area contributed by atoms with Crippen molar-refractivity contribution in [1.82, 2.24) is 9.29 Å². The Morgan fingerprint density at radius 3 is 2.52 bits per heavy atom. The molecule has 0 aliphatic heterocycles. The summed E-state index contributed by atoms with van der Waals surface area (Å²) in [6.07, 6.45) is 1.62. The first-order valence-corrected chi connectivity index (χ1v) is 9.75. The molecule has 0 aliphatic carbocycles. The number of non-ortho nitro benzene ring substituents is 1. The second-order valence-corrected chi connectivity index (χ2v) is 7.46. The van der Waals surface area contributed by atoms with E-state index in [-0.39, 0.29) is 29.4 Å². The predicted molar refractivity (Wildman–Crippen MR) is 103 cm³/mol. The fourth-order valence-electron chi connectivity index (χ4n) is 2.41. The van der Waals surface area contributed by atoms with Crippen molar-refractivity contribution in [3.8, 4) is 0 Å². The molecule has 1 heterocycles. The lowest BCUT2D eigenvalue weighted by atomic mass is 10.2. The lowest BCUT2D eigenvalue weighted by molar-refractivity contribution is -0.385. The summed E-state index contributed by atoms with van der Waals surface area (Å²) in [4.78, 5) is 14.4. The van der Waals surface area contributed by atoms with Gasteiger partial charge in [-0.05, 0) is 25.1 Å². The standard InChI is InChI=1S/C17H21N5O4S/c1-4-21(5-2)27(25,26)17-12-14(22(23)24)9-10-16(17)20-19-13(3)15-8-6-7-11-18-15/h6-12,20H,4-5H2,1-3H3. The molecule has 0 fully saturated rings. The van der Waals surface area contributed by atoms with Crippen molar-refractivity contribution in [1.29, 1.82) is 0 Å². The van der Waals surface area contributed by atoms with E-state index in [1.807, 2.05) is 6.07 Å². The zero-order valence-corrected chi connectivity index (χ0v) is 16.1. The highest BCUT2D eigenvalue weighted by atomic mass is 32.2. The van der Waals surface area contributed by atoms with E-state index in [1.54, 1.807) is 39.1 Å². The molecule has 2 rings (SSSR count). The van der Waals surface area contributed by atoms with E-state index in [4.69, 9.17) is 0 Å².